The van der Waals surface area contributed by atoms with Gasteiger partial charge in [0, 0.05) is 44.4 Å². The van der Waals surface area contributed by atoms with Gasteiger partial charge in [0.15, 0.2) is 0 Å². The maximum absolute atomic E-state index is 13.9. The molecule has 0 radical (unpaired) electrons. The van der Waals surface area contributed by atoms with Crippen molar-refractivity contribution in [3.8, 4) is 5.75 Å². The minimum atomic E-state index is -0.0998. The normalized spacial score (nSPS) is 15.7. The van der Waals surface area contributed by atoms with Gasteiger partial charge in [-0.15, -0.1) is 0 Å². The van der Waals surface area contributed by atoms with Crippen LogP contribution in [0.4, 0.5) is 4.39 Å². The van der Waals surface area contributed by atoms with Crippen LogP contribution < -0.4 is 4.74 Å². The van der Waals surface area contributed by atoms with Gasteiger partial charge in [-0.25, -0.2) is 4.39 Å². The highest BCUT2D eigenvalue weighted by atomic mass is 19.1. The fourth-order valence-electron chi connectivity index (χ4n) is 4.09. The number of ether oxygens (including phenoxy) is 2. The Morgan fingerprint density at radius 2 is 1.69 bits per heavy atom. The summed E-state index contributed by atoms with van der Waals surface area (Å²) in [6, 6.07) is 15.3. The van der Waals surface area contributed by atoms with Crippen molar-refractivity contribution in [2.24, 2.45) is 5.92 Å². The average molecular weight is 401 g/mol. The Morgan fingerprint density at radius 3 is 2.38 bits per heavy atom. The monoisotopic (exact) mass is 400 g/mol. The van der Waals surface area contributed by atoms with Crippen molar-refractivity contribution in [3.05, 3.63) is 65.5 Å². The Morgan fingerprint density at radius 1 is 1.00 bits per heavy atom. The molecule has 0 amide bonds. The molecule has 29 heavy (non-hydrogen) atoms. The summed E-state index contributed by atoms with van der Waals surface area (Å²) in [5, 5.41) is 0. The van der Waals surface area contributed by atoms with E-state index in [-0.39, 0.29) is 5.82 Å². The molecule has 3 rings (SSSR count). The molecule has 1 heterocycles. The van der Waals surface area contributed by atoms with Gasteiger partial charge in [0.2, 0.25) is 0 Å². The SMILES string of the molecule is COCCN(Cc1ccccc1OC)CC1CCN(Cc2ccccc2F)CC1. The highest BCUT2D eigenvalue weighted by Gasteiger charge is 2.22. The summed E-state index contributed by atoms with van der Waals surface area (Å²) in [5.41, 5.74) is 2.01. The third kappa shape index (κ3) is 6.53. The van der Waals surface area contributed by atoms with Crippen molar-refractivity contribution in [2.45, 2.75) is 25.9 Å². The number of piperidine rings is 1. The molecule has 2 aromatic carbocycles. The second-order valence-corrected chi connectivity index (χ2v) is 7.85. The third-order valence-electron chi connectivity index (χ3n) is 5.77. The van der Waals surface area contributed by atoms with Crippen molar-refractivity contribution in [1.82, 2.24) is 9.80 Å². The van der Waals surface area contributed by atoms with Crippen LogP contribution in [0, 0.1) is 11.7 Å². The maximum atomic E-state index is 13.9. The van der Waals surface area contributed by atoms with Crippen LogP contribution in [0.2, 0.25) is 0 Å². The van der Waals surface area contributed by atoms with Crippen LogP contribution in [0.1, 0.15) is 24.0 Å². The van der Waals surface area contributed by atoms with Crippen LogP contribution in [-0.2, 0) is 17.8 Å². The Labute approximate surface area is 174 Å². The summed E-state index contributed by atoms with van der Waals surface area (Å²) in [6.45, 7) is 6.29. The molecule has 0 aromatic heterocycles. The molecule has 1 aliphatic heterocycles. The zero-order chi connectivity index (χ0) is 20.5. The van der Waals surface area contributed by atoms with E-state index in [1.165, 1.54) is 5.56 Å². The first-order chi connectivity index (χ1) is 14.2. The molecule has 1 saturated heterocycles. The Bertz CT molecular complexity index is 747. The van der Waals surface area contributed by atoms with E-state index in [0.717, 1.165) is 63.5 Å². The highest BCUT2D eigenvalue weighted by Crippen LogP contribution is 2.24. The lowest BCUT2D eigenvalue weighted by atomic mass is 9.95. The largest absolute Gasteiger partial charge is 0.496 e. The van der Waals surface area contributed by atoms with E-state index < -0.39 is 0 Å². The van der Waals surface area contributed by atoms with Crippen molar-refractivity contribution >= 4 is 0 Å². The molecule has 5 heteroatoms. The van der Waals surface area contributed by atoms with Gasteiger partial charge < -0.3 is 9.47 Å². The van der Waals surface area contributed by atoms with E-state index in [4.69, 9.17) is 9.47 Å². The van der Waals surface area contributed by atoms with E-state index in [9.17, 15) is 4.39 Å². The number of halogens is 1. The first-order valence-electron chi connectivity index (χ1n) is 10.5. The zero-order valence-electron chi connectivity index (χ0n) is 17.6. The van der Waals surface area contributed by atoms with E-state index in [2.05, 4.69) is 21.9 Å². The van der Waals surface area contributed by atoms with Crippen LogP contribution in [-0.4, -0.2) is 56.8 Å². The van der Waals surface area contributed by atoms with Crippen LogP contribution in [0.25, 0.3) is 0 Å². The second kappa shape index (κ2) is 11.3. The molecule has 0 bridgehead atoms. The molecule has 2 aromatic rings. The quantitative estimate of drug-likeness (QED) is 0.597. The second-order valence-electron chi connectivity index (χ2n) is 7.85. The Balaban J connectivity index is 1.53. The third-order valence-corrected chi connectivity index (χ3v) is 5.77. The van der Waals surface area contributed by atoms with E-state index in [0.29, 0.717) is 12.5 Å². The van der Waals surface area contributed by atoms with Gasteiger partial charge in [-0.3, -0.25) is 9.80 Å². The highest BCUT2D eigenvalue weighted by molar-refractivity contribution is 5.33. The molecule has 0 atom stereocenters. The lowest BCUT2D eigenvalue weighted by Gasteiger charge is -2.35. The summed E-state index contributed by atoms with van der Waals surface area (Å²) >= 11 is 0. The Kier molecular flexibility index (Phi) is 8.47. The molecule has 0 unspecified atom stereocenters. The number of rotatable bonds is 10. The molecule has 0 aliphatic carbocycles. The fourth-order valence-corrected chi connectivity index (χ4v) is 4.09. The lowest BCUT2D eigenvalue weighted by molar-refractivity contribution is 0.105. The van der Waals surface area contributed by atoms with Gasteiger partial charge in [-0.1, -0.05) is 36.4 Å². The van der Waals surface area contributed by atoms with E-state index in [1.54, 1.807) is 26.4 Å². The number of benzene rings is 2. The predicted octanol–water partition coefficient (Wildman–Crippen LogP) is 4.19. The average Bonchev–Trinajstić information content (AvgIpc) is 2.75. The smallest absolute Gasteiger partial charge is 0.127 e. The van der Waals surface area contributed by atoms with Crippen molar-refractivity contribution < 1.29 is 13.9 Å². The zero-order valence-corrected chi connectivity index (χ0v) is 17.6. The molecule has 1 fully saturated rings. The number of para-hydroxylation sites is 1. The number of hydrogen-bond donors (Lipinski definition) is 0. The Hall–Kier alpha value is -1.95. The minimum Gasteiger partial charge on any atom is -0.496 e. The fraction of sp³-hybridized carbons (Fsp3) is 0.500. The van der Waals surface area contributed by atoms with Crippen molar-refractivity contribution in [2.75, 3.05) is 47.0 Å². The summed E-state index contributed by atoms with van der Waals surface area (Å²) in [4.78, 5) is 4.84. The van der Waals surface area contributed by atoms with E-state index in [1.807, 2.05) is 24.3 Å². The number of methoxy groups -OCH3 is 2. The van der Waals surface area contributed by atoms with Crippen molar-refractivity contribution in [3.63, 3.8) is 0 Å². The summed E-state index contributed by atoms with van der Waals surface area (Å²) in [5.74, 6) is 1.49. The summed E-state index contributed by atoms with van der Waals surface area (Å²) < 4.78 is 24.8. The van der Waals surface area contributed by atoms with Crippen LogP contribution in [0.5, 0.6) is 5.75 Å². The lowest BCUT2D eigenvalue weighted by Crippen LogP contribution is -2.39. The molecular formula is C24H33FN2O2. The standard InChI is InChI=1S/C24H33FN2O2/c1-28-16-15-27(19-22-8-4-6-10-24(22)29-2)17-20-11-13-26(14-12-20)18-21-7-3-5-9-23(21)25/h3-10,20H,11-19H2,1-2H3. The topological polar surface area (TPSA) is 24.9 Å². The van der Waals surface area contributed by atoms with Gasteiger partial charge in [0.1, 0.15) is 11.6 Å². The van der Waals surface area contributed by atoms with Crippen LogP contribution >= 0.6 is 0 Å². The minimum absolute atomic E-state index is 0.0998. The van der Waals surface area contributed by atoms with Crippen molar-refractivity contribution in [1.29, 1.82) is 0 Å². The van der Waals surface area contributed by atoms with Crippen LogP contribution in [0.15, 0.2) is 48.5 Å². The van der Waals surface area contributed by atoms with Gasteiger partial charge in [-0.2, -0.15) is 0 Å². The van der Waals surface area contributed by atoms with Gasteiger partial charge in [-0.05, 0) is 44.0 Å². The van der Waals surface area contributed by atoms with Gasteiger partial charge >= 0.3 is 0 Å². The molecule has 158 valence electrons. The molecule has 0 N–H and O–H groups in total. The van der Waals surface area contributed by atoms with E-state index >= 15 is 0 Å². The summed E-state index contributed by atoms with van der Waals surface area (Å²) in [6.07, 6.45) is 2.29. The molecule has 0 spiro atoms. The number of hydrogen-bond acceptors (Lipinski definition) is 4. The first kappa shape index (κ1) is 21.8. The predicted molar refractivity (Wildman–Crippen MR) is 115 cm³/mol. The maximum Gasteiger partial charge on any atom is 0.127 e. The molecule has 0 saturated carbocycles. The summed E-state index contributed by atoms with van der Waals surface area (Å²) in [7, 11) is 3.48. The molecular weight excluding hydrogens is 367 g/mol. The molecule has 4 nitrogen and oxygen atoms in total. The van der Waals surface area contributed by atoms with Gasteiger partial charge in [0.25, 0.3) is 0 Å². The first-order valence-corrected chi connectivity index (χ1v) is 10.5. The number of likely N-dealkylation sites (tertiary alicyclic amines) is 1. The number of nitrogens with zero attached hydrogens (tertiary/aromatic N) is 2. The van der Waals surface area contributed by atoms with Crippen LogP contribution in [0.3, 0.4) is 0 Å². The van der Waals surface area contributed by atoms with Gasteiger partial charge in [0.05, 0.1) is 13.7 Å². The molecule has 1 aliphatic rings.